The zero-order valence-corrected chi connectivity index (χ0v) is 11.5. The average Bonchev–Trinajstić information content (AvgIpc) is 2.72. The largest absolute Gasteiger partial charge is 0.309 e. The first-order valence-corrected chi connectivity index (χ1v) is 6.95. The van der Waals surface area contributed by atoms with E-state index in [1.807, 2.05) is 0 Å². The number of nitrogens with zero attached hydrogens (tertiary/aromatic N) is 1. The molecule has 0 aliphatic carbocycles. The predicted molar refractivity (Wildman–Crippen MR) is 69.9 cm³/mol. The van der Waals surface area contributed by atoms with Crippen LogP contribution in [-0.4, -0.2) is 23.3 Å². The third-order valence-electron chi connectivity index (χ3n) is 3.01. The zero-order chi connectivity index (χ0) is 14.9. The molecule has 1 amide bonds. The molecule has 20 heavy (non-hydrogen) atoms. The highest BCUT2D eigenvalue weighted by Gasteiger charge is 2.32. The lowest BCUT2D eigenvalue weighted by atomic mass is 10.1. The van der Waals surface area contributed by atoms with Gasteiger partial charge in [0.05, 0.1) is 5.69 Å². The van der Waals surface area contributed by atoms with E-state index in [1.165, 1.54) is 6.92 Å². The summed E-state index contributed by atoms with van der Waals surface area (Å²) in [7, 11) is 0. The summed E-state index contributed by atoms with van der Waals surface area (Å²) in [6.45, 7) is 1.62. The molecular weight excluding hydrogens is 291 g/mol. The van der Waals surface area contributed by atoms with Gasteiger partial charge in [0.25, 0.3) is 0 Å². The van der Waals surface area contributed by atoms with Crippen molar-refractivity contribution in [1.82, 2.24) is 0 Å². The minimum atomic E-state index is -1.29. The van der Waals surface area contributed by atoms with Crippen molar-refractivity contribution in [3.05, 3.63) is 29.6 Å². The topological polar surface area (TPSA) is 37.4 Å². The van der Waals surface area contributed by atoms with Crippen LogP contribution in [0.25, 0.3) is 0 Å². The van der Waals surface area contributed by atoms with Crippen molar-refractivity contribution < 1.29 is 22.8 Å². The molecule has 0 saturated carbocycles. The van der Waals surface area contributed by atoms with Crippen LogP contribution in [0.1, 0.15) is 13.3 Å². The van der Waals surface area contributed by atoms with Crippen LogP contribution in [-0.2, 0) is 9.59 Å². The number of benzene rings is 1. The summed E-state index contributed by atoms with van der Waals surface area (Å²) in [5, 5.41) is -0.0603. The first kappa shape index (κ1) is 14.9. The quantitative estimate of drug-likeness (QED) is 0.806. The number of hydrogen-bond donors (Lipinski definition) is 0. The number of carbonyl (C=O) groups is 2. The molecule has 1 aliphatic rings. The van der Waals surface area contributed by atoms with Crippen LogP contribution in [0.3, 0.4) is 0 Å². The van der Waals surface area contributed by atoms with Gasteiger partial charge in [-0.2, -0.15) is 0 Å². The molecule has 1 atom stereocenters. The van der Waals surface area contributed by atoms with Crippen molar-refractivity contribution in [2.45, 2.75) is 13.3 Å². The van der Waals surface area contributed by atoms with Gasteiger partial charge in [-0.15, -0.1) is 0 Å². The normalized spacial score (nSPS) is 18.7. The molecule has 7 heteroatoms. The second-order valence-corrected chi connectivity index (χ2v) is 5.79. The van der Waals surface area contributed by atoms with Crippen LogP contribution >= 0.6 is 11.8 Å². The van der Waals surface area contributed by atoms with Crippen LogP contribution in [0.5, 0.6) is 0 Å². The number of amides is 1. The van der Waals surface area contributed by atoms with E-state index in [-0.39, 0.29) is 35.6 Å². The highest BCUT2D eigenvalue weighted by atomic mass is 32.2. The minimum Gasteiger partial charge on any atom is -0.309 e. The maximum Gasteiger partial charge on any atom is 0.227 e. The van der Waals surface area contributed by atoms with Crippen molar-refractivity contribution in [2.75, 3.05) is 17.2 Å². The zero-order valence-electron chi connectivity index (χ0n) is 10.7. The fourth-order valence-electron chi connectivity index (χ4n) is 2.08. The van der Waals surface area contributed by atoms with Crippen LogP contribution in [0, 0.1) is 23.4 Å². The van der Waals surface area contributed by atoms with Gasteiger partial charge in [0.2, 0.25) is 5.91 Å². The Labute approximate surface area is 118 Å². The average molecular weight is 303 g/mol. The van der Waals surface area contributed by atoms with Crippen LogP contribution in [0.4, 0.5) is 18.9 Å². The van der Waals surface area contributed by atoms with E-state index in [9.17, 15) is 22.8 Å². The van der Waals surface area contributed by atoms with E-state index in [0.717, 1.165) is 16.7 Å². The number of carbonyl (C=O) groups excluding carboxylic acids is 2. The van der Waals surface area contributed by atoms with Crippen molar-refractivity contribution in [2.24, 2.45) is 5.92 Å². The number of anilines is 1. The fraction of sp³-hybridized carbons (Fsp3) is 0.385. The van der Waals surface area contributed by atoms with E-state index < -0.39 is 17.5 Å². The minimum absolute atomic E-state index is 0.0603. The highest BCUT2D eigenvalue weighted by molar-refractivity contribution is 8.13. The summed E-state index contributed by atoms with van der Waals surface area (Å²) in [6, 6.07) is 1.11. The van der Waals surface area contributed by atoms with Gasteiger partial charge >= 0.3 is 0 Å². The molecule has 1 aromatic carbocycles. The van der Waals surface area contributed by atoms with Crippen molar-refractivity contribution in [3.63, 3.8) is 0 Å². The second-order valence-electron chi connectivity index (χ2n) is 4.59. The number of rotatable bonds is 3. The molecule has 0 N–H and O–H groups in total. The van der Waals surface area contributed by atoms with Crippen molar-refractivity contribution in [1.29, 1.82) is 0 Å². The molecule has 0 spiro atoms. The highest BCUT2D eigenvalue weighted by Crippen LogP contribution is 2.30. The fourth-order valence-corrected chi connectivity index (χ4v) is 2.77. The Morgan fingerprint density at radius 3 is 2.60 bits per heavy atom. The van der Waals surface area contributed by atoms with E-state index >= 15 is 0 Å². The first-order chi connectivity index (χ1) is 9.38. The van der Waals surface area contributed by atoms with Gasteiger partial charge in [-0.1, -0.05) is 11.8 Å². The van der Waals surface area contributed by atoms with Gasteiger partial charge in [0.1, 0.15) is 5.82 Å². The molecule has 1 aliphatic heterocycles. The Kier molecular flexibility index (Phi) is 4.37. The molecule has 108 valence electrons. The Morgan fingerprint density at radius 2 is 1.95 bits per heavy atom. The summed E-state index contributed by atoms with van der Waals surface area (Å²) in [5.41, 5.74) is -0.260. The summed E-state index contributed by atoms with van der Waals surface area (Å²) in [4.78, 5) is 23.8. The standard InChI is InChI=1S/C13H12F3NO2S/c1-7(18)20-6-8-2-13(19)17(5-8)12-4-10(15)9(14)3-11(12)16/h3-4,8H,2,5-6H2,1H3. The Balaban J connectivity index is 2.16. The molecule has 3 nitrogen and oxygen atoms in total. The molecule has 0 aromatic heterocycles. The van der Waals surface area contributed by atoms with Gasteiger partial charge < -0.3 is 4.90 Å². The van der Waals surface area contributed by atoms with E-state index in [1.54, 1.807) is 0 Å². The third-order valence-corrected chi connectivity index (χ3v) is 4.05. The SMILES string of the molecule is CC(=O)SCC1CC(=O)N(c2cc(F)c(F)cc2F)C1. The lowest BCUT2D eigenvalue weighted by Gasteiger charge is -2.17. The lowest BCUT2D eigenvalue weighted by Crippen LogP contribution is -2.26. The Hall–Kier alpha value is -1.50. The molecule has 1 unspecified atom stereocenters. The summed E-state index contributed by atoms with van der Waals surface area (Å²) >= 11 is 1.09. The molecular formula is C13H12F3NO2S. The molecule has 1 aromatic rings. The maximum absolute atomic E-state index is 13.6. The Morgan fingerprint density at radius 1 is 1.30 bits per heavy atom. The van der Waals surface area contributed by atoms with Crippen LogP contribution in [0.2, 0.25) is 0 Å². The molecule has 1 heterocycles. The second kappa shape index (κ2) is 5.87. The smallest absolute Gasteiger partial charge is 0.227 e. The van der Waals surface area contributed by atoms with Gasteiger partial charge in [0, 0.05) is 37.8 Å². The summed E-state index contributed by atoms with van der Waals surface area (Å²) in [5.74, 6) is -3.48. The summed E-state index contributed by atoms with van der Waals surface area (Å²) in [6.07, 6.45) is 0.165. The van der Waals surface area contributed by atoms with Crippen molar-refractivity contribution >= 4 is 28.5 Å². The summed E-state index contributed by atoms with van der Waals surface area (Å²) < 4.78 is 39.7. The number of thioether (sulfide) groups is 1. The van der Waals surface area contributed by atoms with Crippen LogP contribution < -0.4 is 4.90 Å². The van der Waals surface area contributed by atoms with Gasteiger partial charge in [0.15, 0.2) is 16.7 Å². The van der Waals surface area contributed by atoms with Gasteiger partial charge in [-0.25, -0.2) is 13.2 Å². The van der Waals surface area contributed by atoms with E-state index in [0.29, 0.717) is 17.9 Å². The molecule has 0 radical (unpaired) electrons. The molecule has 1 fully saturated rings. The van der Waals surface area contributed by atoms with Gasteiger partial charge in [-0.05, 0) is 5.92 Å². The van der Waals surface area contributed by atoms with Crippen molar-refractivity contribution in [3.8, 4) is 0 Å². The van der Waals surface area contributed by atoms with E-state index in [2.05, 4.69) is 0 Å². The lowest BCUT2D eigenvalue weighted by molar-refractivity contribution is -0.117. The number of halogens is 3. The first-order valence-electron chi connectivity index (χ1n) is 5.96. The number of hydrogen-bond acceptors (Lipinski definition) is 3. The monoisotopic (exact) mass is 303 g/mol. The van der Waals surface area contributed by atoms with Crippen LogP contribution in [0.15, 0.2) is 12.1 Å². The predicted octanol–water partition coefficient (Wildman–Crippen LogP) is 2.74. The maximum atomic E-state index is 13.6. The third kappa shape index (κ3) is 3.15. The Bertz CT molecular complexity index is 565. The van der Waals surface area contributed by atoms with E-state index in [4.69, 9.17) is 0 Å². The molecule has 2 rings (SSSR count). The molecule has 1 saturated heterocycles. The van der Waals surface area contributed by atoms with Gasteiger partial charge in [-0.3, -0.25) is 9.59 Å². The molecule has 0 bridgehead atoms.